The molecule has 6 nitrogen and oxygen atoms in total. The highest BCUT2D eigenvalue weighted by Gasteiger charge is 2.24. The van der Waals surface area contributed by atoms with Gasteiger partial charge in [-0.3, -0.25) is 4.79 Å². The maximum absolute atomic E-state index is 12.4. The van der Waals surface area contributed by atoms with Crippen molar-refractivity contribution >= 4 is 35.2 Å². The first-order valence-electron chi connectivity index (χ1n) is 8.00. The van der Waals surface area contributed by atoms with Crippen LogP contribution in [-0.4, -0.2) is 29.7 Å². The van der Waals surface area contributed by atoms with Crippen LogP contribution in [0.1, 0.15) is 28.4 Å². The van der Waals surface area contributed by atoms with Crippen molar-refractivity contribution in [1.82, 2.24) is 10.3 Å². The molecule has 0 saturated carbocycles. The number of nitrogens with one attached hydrogen (secondary N) is 1. The van der Waals surface area contributed by atoms with Crippen molar-refractivity contribution in [2.75, 3.05) is 12.9 Å². The summed E-state index contributed by atoms with van der Waals surface area (Å²) in [5, 5.41) is 12.9. The van der Waals surface area contributed by atoms with Gasteiger partial charge in [0.25, 0.3) is 0 Å². The Balaban J connectivity index is 2.14. The monoisotopic (exact) mass is 403 g/mol. The Hall–Kier alpha value is -2.56. The Morgan fingerprint density at radius 2 is 2.00 bits per heavy atom. The van der Waals surface area contributed by atoms with Crippen LogP contribution in [0.4, 0.5) is 0 Å². The van der Waals surface area contributed by atoms with Crippen molar-refractivity contribution in [1.29, 1.82) is 5.26 Å². The van der Waals surface area contributed by atoms with Crippen LogP contribution in [0.15, 0.2) is 35.4 Å². The number of ether oxygens (including phenoxy) is 1. The lowest BCUT2D eigenvalue weighted by atomic mass is 10.1. The highest BCUT2D eigenvalue weighted by molar-refractivity contribution is 8.00. The molecule has 1 amide bonds. The lowest BCUT2D eigenvalue weighted by Gasteiger charge is -2.17. The molecule has 0 unspecified atom stereocenters. The number of carbonyl (C=O) groups excluding carboxylic acids is 2. The van der Waals surface area contributed by atoms with Gasteiger partial charge in [-0.25, -0.2) is 9.78 Å². The first-order valence-corrected chi connectivity index (χ1v) is 9.37. The number of aryl methyl sites for hydroxylation is 1. The van der Waals surface area contributed by atoms with Gasteiger partial charge in [0.2, 0.25) is 5.91 Å². The van der Waals surface area contributed by atoms with Crippen LogP contribution in [0, 0.1) is 25.2 Å². The summed E-state index contributed by atoms with van der Waals surface area (Å²) >= 11 is 7.25. The van der Waals surface area contributed by atoms with Crippen LogP contribution in [0.3, 0.4) is 0 Å². The maximum atomic E-state index is 12.4. The number of aromatic nitrogens is 1. The molecule has 1 aromatic carbocycles. The molecule has 1 atom stereocenters. The van der Waals surface area contributed by atoms with Gasteiger partial charge < -0.3 is 10.1 Å². The van der Waals surface area contributed by atoms with E-state index in [2.05, 4.69) is 16.4 Å². The smallest absolute Gasteiger partial charge is 0.333 e. The number of methoxy groups -OCH3 is 1. The van der Waals surface area contributed by atoms with Crippen molar-refractivity contribution in [3.8, 4) is 6.07 Å². The van der Waals surface area contributed by atoms with Crippen molar-refractivity contribution in [3.63, 3.8) is 0 Å². The van der Waals surface area contributed by atoms with E-state index >= 15 is 0 Å². The highest BCUT2D eigenvalue weighted by atomic mass is 35.5. The van der Waals surface area contributed by atoms with Gasteiger partial charge in [0.05, 0.1) is 29.1 Å². The molecule has 8 heteroatoms. The minimum absolute atomic E-state index is 0.0114. The normalized spacial score (nSPS) is 11.4. The van der Waals surface area contributed by atoms with Crippen LogP contribution >= 0.6 is 23.4 Å². The fraction of sp³-hybridized carbons (Fsp3) is 0.263. The summed E-state index contributed by atoms with van der Waals surface area (Å²) in [4.78, 5) is 28.7. The van der Waals surface area contributed by atoms with Crippen LogP contribution in [-0.2, 0) is 14.3 Å². The Morgan fingerprint density at radius 3 is 2.59 bits per heavy atom. The van der Waals surface area contributed by atoms with Crippen LogP contribution in [0.2, 0.25) is 5.02 Å². The standard InChI is InChI=1S/C19H18ClN3O3S/c1-11-14(9-21)18(22-12(2)16(11)20)27-10-15(24)23-17(19(25)26-3)13-7-5-4-6-8-13/h4-8,17H,10H2,1-3H3,(H,23,24)/t17-/m1/s1. The molecule has 0 bridgehead atoms. The van der Waals surface area contributed by atoms with E-state index in [1.807, 2.05) is 6.07 Å². The molecular weight excluding hydrogens is 386 g/mol. The second kappa shape index (κ2) is 9.40. The summed E-state index contributed by atoms with van der Waals surface area (Å²) in [6.07, 6.45) is 0. The summed E-state index contributed by atoms with van der Waals surface area (Å²) < 4.78 is 4.78. The Labute approximate surface area is 166 Å². The molecule has 0 saturated heterocycles. The van der Waals surface area contributed by atoms with Gasteiger partial charge in [-0.2, -0.15) is 5.26 Å². The van der Waals surface area contributed by atoms with Crippen LogP contribution in [0.5, 0.6) is 0 Å². The third-order valence-electron chi connectivity index (χ3n) is 3.83. The molecule has 0 radical (unpaired) electrons. The summed E-state index contributed by atoms with van der Waals surface area (Å²) in [6.45, 7) is 3.48. The van der Waals surface area contributed by atoms with E-state index in [1.165, 1.54) is 7.11 Å². The fourth-order valence-electron chi connectivity index (χ4n) is 2.41. The van der Waals surface area contributed by atoms with E-state index in [4.69, 9.17) is 16.3 Å². The SMILES string of the molecule is COC(=O)[C@H](NC(=O)CSc1nc(C)c(Cl)c(C)c1C#N)c1ccccc1. The molecule has 2 aromatic rings. The first-order chi connectivity index (χ1) is 12.9. The van der Waals surface area contributed by atoms with Gasteiger partial charge in [-0.1, -0.05) is 53.7 Å². The number of rotatable bonds is 6. The van der Waals surface area contributed by atoms with E-state index in [-0.39, 0.29) is 11.7 Å². The number of hydrogen-bond acceptors (Lipinski definition) is 6. The van der Waals surface area contributed by atoms with Crippen molar-refractivity contribution < 1.29 is 14.3 Å². The van der Waals surface area contributed by atoms with Gasteiger partial charge in [0.1, 0.15) is 11.1 Å². The number of halogens is 1. The number of carbonyl (C=O) groups is 2. The van der Waals surface area contributed by atoms with Crippen molar-refractivity contribution in [2.24, 2.45) is 0 Å². The third kappa shape index (κ3) is 5.00. The Bertz CT molecular complexity index is 897. The molecule has 0 aliphatic heterocycles. The number of thioether (sulfide) groups is 1. The minimum atomic E-state index is -0.901. The summed E-state index contributed by atoms with van der Waals surface area (Å²) in [7, 11) is 1.27. The molecule has 2 rings (SSSR count). The van der Waals surface area contributed by atoms with Crippen LogP contribution < -0.4 is 5.32 Å². The van der Waals surface area contributed by atoms with E-state index in [0.717, 1.165) is 11.8 Å². The average molecular weight is 404 g/mol. The minimum Gasteiger partial charge on any atom is -0.467 e. The number of nitriles is 1. The molecule has 0 spiro atoms. The Kier molecular flexibility index (Phi) is 7.22. The number of amides is 1. The van der Waals surface area contributed by atoms with Gasteiger partial charge in [-0.05, 0) is 25.0 Å². The second-order valence-electron chi connectivity index (χ2n) is 5.65. The Morgan fingerprint density at radius 1 is 1.33 bits per heavy atom. The molecule has 27 heavy (non-hydrogen) atoms. The molecule has 0 aliphatic carbocycles. The zero-order valence-corrected chi connectivity index (χ0v) is 16.6. The number of pyridine rings is 1. The number of hydrogen-bond donors (Lipinski definition) is 1. The summed E-state index contributed by atoms with van der Waals surface area (Å²) in [5.41, 5.74) is 2.19. The predicted octanol–water partition coefficient (Wildman–Crippen LogP) is 3.35. The maximum Gasteiger partial charge on any atom is 0.333 e. The van der Waals surface area contributed by atoms with Gasteiger partial charge in [0.15, 0.2) is 6.04 Å². The molecule has 1 heterocycles. The average Bonchev–Trinajstić information content (AvgIpc) is 2.68. The van der Waals surface area contributed by atoms with Gasteiger partial charge in [0, 0.05) is 0 Å². The van der Waals surface area contributed by atoms with E-state index in [9.17, 15) is 14.9 Å². The zero-order chi connectivity index (χ0) is 20.0. The van der Waals surface area contributed by atoms with Gasteiger partial charge >= 0.3 is 5.97 Å². The number of nitrogens with zero attached hydrogens (tertiary/aromatic N) is 2. The quantitative estimate of drug-likeness (QED) is 0.587. The van der Waals surface area contributed by atoms with E-state index < -0.39 is 12.0 Å². The van der Waals surface area contributed by atoms with Crippen molar-refractivity contribution in [3.05, 3.63) is 57.7 Å². The molecule has 0 fully saturated rings. The topological polar surface area (TPSA) is 92.1 Å². The molecule has 0 aliphatic rings. The van der Waals surface area contributed by atoms with Crippen molar-refractivity contribution in [2.45, 2.75) is 24.9 Å². The molecular formula is C19H18ClN3O3S. The third-order valence-corrected chi connectivity index (χ3v) is 5.36. The predicted molar refractivity (Wildman–Crippen MR) is 104 cm³/mol. The fourth-order valence-corrected chi connectivity index (χ4v) is 3.45. The zero-order valence-electron chi connectivity index (χ0n) is 15.1. The van der Waals surface area contributed by atoms with E-state index in [0.29, 0.717) is 32.4 Å². The molecule has 1 aromatic heterocycles. The molecule has 140 valence electrons. The lowest BCUT2D eigenvalue weighted by Crippen LogP contribution is -2.35. The summed E-state index contributed by atoms with van der Waals surface area (Å²) in [6, 6.07) is 10.00. The summed E-state index contributed by atoms with van der Waals surface area (Å²) in [5.74, 6) is -0.952. The largest absolute Gasteiger partial charge is 0.467 e. The van der Waals surface area contributed by atoms with E-state index in [1.54, 1.807) is 38.1 Å². The first kappa shape index (κ1) is 20.7. The number of esters is 1. The van der Waals surface area contributed by atoms with Gasteiger partial charge in [-0.15, -0.1) is 0 Å². The highest BCUT2D eigenvalue weighted by Crippen LogP contribution is 2.29. The van der Waals surface area contributed by atoms with Crippen LogP contribution in [0.25, 0.3) is 0 Å². The molecule has 1 N–H and O–H groups in total. The number of benzene rings is 1. The lowest BCUT2D eigenvalue weighted by molar-refractivity contribution is -0.145. The second-order valence-corrected chi connectivity index (χ2v) is 6.99.